The van der Waals surface area contributed by atoms with Gasteiger partial charge in [0.05, 0.1) is 6.10 Å². The molecule has 0 radical (unpaired) electrons. The van der Waals surface area contributed by atoms with Crippen LogP contribution < -0.4 is 10.1 Å². The molecule has 4 nitrogen and oxygen atoms in total. The quantitative estimate of drug-likeness (QED) is 0.841. The summed E-state index contributed by atoms with van der Waals surface area (Å²) in [7, 11) is 0. The molecule has 4 heteroatoms. The zero-order valence-corrected chi connectivity index (χ0v) is 15.0. The number of ether oxygens (including phenoxy) is 1. The molecule has 4 rings (SSSR count). The molecule has 1 unspecified atom stereocenters. The first-order valence-electron chi connectivity index (χ1n) is 9.37. The number of hydrogen-bond acceptors (Lipinski definition) is 4. The van der Waals surface area contributed by atoms with Crippen LogP contribution in [0.25, 0.3) is 6.08 Å². The summed E-state index contributed by atoms with van der Waals surface area (Å²) in [6.45, 7) is 4.99. The van der Waals surface area contributed by atoms with E-state index in [9.17, 15) is 5.11 Å². The van der Waals surface area contributed by atoms with Gasteiger partial charge >= 0.3 is 0 Å². The van der Waals surface area contributed by atoms with E-state index in [-0.39, 0.29) is 6.10 Å². The first-order valence-corrected chi connectivity index (χ1v) is 9.37. The second-order valence-electron chi connectivity index (χ2n) is 7.18. The molecule has 1 fully saturated rings. The number of likely N-dealkylation sites (tertiary alicyclic amines) is 1. The van der Waals surface area contributed by atoms with Crippen molar-refractivity contribution in [1.29, 1.82) is 0 Å². The summed E-state index contributed by atoms with van der Waals surface area (Å²) in [6, 6.07) is 16.7. The maximum absolute atomic E-state index is 9.73. The van der Waals surface area contributed by atoms with Crippen molar-refractivity contribution in [3.63, 3.8) is 0 Å². The van der Waals surface area contributed by atoms with Gasteiger partial charge in [-0.2, -0.15) is 0 Å². The van der Waals surface area contributed by atoms with Crippen LogP contribution in [0.15, 0.2) is 54.1 Å². The number of rotatable bonds is 6. The molecule has 1 atom stereocenters. The molecule has 2 aromatic rings. The molecule has 0 saturated carbocycles. The van der Waals surface area contributed by atoms with Crippen molar-refractivity contribution in [2.24, 2.45) is 0 Å². The number of para-hydroxylation sites is 1. The summed E-state index contributed by atoms with van der Waals surface area (Å²) in [5.41, 5.74) is 5.09. The average Bonchev–Trinajstić information content (AvgIpc) is 3.08. The molecule has 0 bridgehead atoms. The van der Waals surface area contributed by atoms with Crippen molar-refractivity contribution in [3.05, 3.63) is 70.8 Å². The standard InChI is InChI=1S/C22H26N2O2/c25-21-9-10-24(15-21)14-20-7-2-1-6-19(20)13-23-12-17-11-18-5-3-4-8-22(18)26-16-17/h1-8,11,21,23,25H,9-10,12-16H2. The molecule has 2 aromatic carbocycles. The molecular weight excluding hydrogens is 324 g/mol. The second-order valence-corrected chi connectivity index (χ2v) is 7.18. The van der Waals surface area contributed by atoms with Crippen LogP contribution in [0.3, 0.4) is 0 Å². The first-order chi connectivity index (χ1) is 12.8. The lowest BCUT2D eigenvalue weighted by Gasteiger charge is -2.20. The van der Waals surface area contributed by atoms with Crippen molar-refractivity contribution < 1.29 is 9.84 Å². The van der Waals surface area contributed by atoms with Gasteiger partial charge in [0, 0.05) is 38.3 Å². The van der Waals surface area contributed by atoms with Gasteiger partial charge in [-0.15, -0.1) is 0 Å². The van der Waals surface area contributed by atoms with Crippen LogP contribution in [0.1, 0.15) is 23.1 Å². The van der Waals surface area contributed by atoms with Crippen LogP contribution in [0.4, 0.5) is 0 Å². The molecule has 2 aliphatic rings. The van der Waals surface area contributed by atoms with E-state index in [0.717, 1.165) is 50.5 Å². The Bertz CT molecular complexity index is 787. The van der Waals surface area contributed by atoms with Gasteiger partial charge in [0.1, 0.15) is 12.4 Å². The number of nitrogens with zero attached hydrogens (tertiary/aromatic N) is 1. The minimum Gasteiger partial charge on any atom is -0.489 e. The van der Waals surface area contributed by atoms with E-state index in [4.69, 9.17) is 4.74 Å². The highest BCUT2D eigenvalue weighted by atomic mass is 16.5. The molecule has 2 heterocycles. The first kappa shape index (κ1) is 17.3. The van der Waals surface area contributed by atoms with Gasteiger partial charge in [0.15, 0.2) is 0 Å². The normalized spacial score (nSPS) is 19.7. The van der Waals surface area contributed by atoms with Crippen LogP contribution in [0, 0.1) is 0 Å². The summed E-state index contributed by atoms with van der Waals surface area (Å²) in [5.74, 6) is 0.967. The fraction of sp³-hybridized carbons (Fsp3) is 0.364. The number of nitrogens with one attached hydrogen (secondary N) is 1. The summed E-state index contributed by atoms with van der Waals surface area (Å²) < 4.78 is 5.82. The van der Waals surface area contributed by atoms with E-state index in [1.165, 1.54) is 16.7 Å². The smallest absolute Gasteiger partial charge is 0.127 e. The molecule has 0 aliphatic carbocycles. The van der Waals surface area contributed by atoms with Gasteiger partial charge in [0.2, 0.25) is 0 Å². The van der Waals surface area contributed by atoms with E-state index in [1.807, 2.05) is 18.2 Å². The summed E-state index contributed by atoms with van der Waals surface area (Å²) >= 11 is 0. The van der Waals surface area contributed by atoms with Crippen molar-refractivity contribution in [1.82, 2.24) is 10.2 Å². The van der Waals surface area contributed by atoms with Gasteiger partial charge in [0.25, 0.3) is 0 Å². The Morgan fingerprint density at radius 2 is 1.85 bits per heavy atom. The van der Waals surface area contributed by atoms with Gasteiger partial charge in [-0.1, -0.05) is 42.5 Å². The van der Waals surface area contributed by atoms with Crippen molar-refractivity contribution in [2.75, 3.05) is 26.2 Å². The average molecular weight is 350 g/mol. The van der Waals surface area contributed by atoms with Crippen LogP contribution in [-0.4, -0.2) is 42.4 Å². The van der Waals surface area contributed by atoms with Gasteiger partial charge in [-0.25, -0.2) is 0 Å². The molecule has 136 valence electrons. The van der Waals surface area contributed by atoms with E-state index in [1.54, 1.807) is 0 Å². The van der Waals surface area contributed by atoms with Crippen LogP contribution >= 0.6 is 0 Å². The number of β-amino-alcohol motifs (C(OH)–C–C–N with tert-alkyl or cyclic N) is 1. The molecule has 2 aliphatic heterocycles. The molecule has 0 amide bonds. The monoisotopic (exact) mass is 350 g/mol. The number of aliphatic hydroxyl groups is 1. The number of fused-ring (bicyclic) bond motifs is 1. The topological polar surface area (TPSA) is 44.7 Å². The lowest BCUT2D eigenvalue weighted by Crippen LogP contribution is -2.24. The summed E-state index contributed by atoms with van der Waals surface area (Å²) in [6.07, 6.45) is 2.95. The fourth-order valence-electron chi connectivity index (χ4n) is 3.70. The highest BCUT2D eigenvalue weighted by Gasteiger charge is 2.20. The Morgan fingerprint density at radius 1 is 1.04 bits per heavy atom. The predicted molar refractivity (Wildman–Crippen MR) is 104 cm³/mol. The maximum Gasteiger partial charge on any atom is 0.127 e. The lowest BCUT2D eigenvalue weighted by molar-refractivity contribution is 0.174. The number of hydrogen-bond donors (Lipinski definition) is 2. The highest BCUT2D eigenvalue weighted by molar-refractivity contribution is 5.62. The van der Waals surface area contributed by atoms with Gasteiger partial charge in [-0.05, 0) is 35.3 Å². The molecule has 0 spiro atoms. The van der Waals surface area contributed by atoms with Crippen LogP contribution in [-0.2, 0) is 13.1 Å². The largest absolute Gasteiger partial charge is 0.489 e. The molecule has 26 heavy (non-hydrogen) atoms. The minimum absolute atomic E-state index is 0.165. The Labute approximate surface area is 155 Å². The van der Waals surface area contributed by atoms with Crippen molar-refractivity contribution >= 4 is 6.08 Å². The Kier molecular flexibility index (Phi) is 5.34. The minimum atomic E-state index is -0.165. The second kappa shape index (κ2) is 8.04. The maximum atomic E-state index is 9.73. The van der Waals surface area contributed by atoms with Crippen molar-refractivity contribution in [2.45, 2.75) is 25.6 Å². The van der Waals surface area contributed by atoms with Crippen molar-refractivity contribution in [3.8, 4) is 5.75 Å². The van der Waals surface area contributed by atoms with E-state index in [0.29, 0.717) is 6.61 Å². The zero-order valence-electron chi connectivity index (χ0n) is 15.0. The fourth-order valence-corrected chi connectivity index (χ4v) is 3.70. The SMILES string of the molecule is OC1CCN(Cc2ccccc2CNCC2=Cc3ccccc3OC2)C1. The Hall–Kier alpha value is -2.14. The third kappa shape index (κ3) is 4.15. The summed E-state index contributed by atoms with van der Waals surface area (Å²) in [4.78, 5) is 2.33. The third-order valence-electron chi connectivity index (χ3n) is 5.12. The number of benzene rings is 2. The zero-order chi connectivity index (χ0) is 17.8. The van der Waals surface area contributed by atoms with Crippen LogP contribution in [0.5, 0.6) is 5.75 Å². The Balaban J connectivity index is 1.35. The van der Waals surface area contributed by atoms with E-state index in [2.05, 4.69) is 46.6 Å². The summed E-state index contributed by atoms with van der Waals surface area (Å²) in [5, 5.41) is 13.3. The highest BCUT2D eigenvalue weighted by Crippen LogP contribution is 2.25. The molecule has 0 aromatic heterocycles. The Morgan fingerprint density at radius 3 is 2.69 bits per heavy atom. The lowest BCUT2D eigenvalue weighted by atomic mass is 10.1. The third-order valence-corrected chi connectivity index (χ3v) is 5.12. The molecular formula is C22H26N2O2. The van der Waals surface area contributed by atoms with Gasteiger partial charge in [-0.3, -0.25) is 4.90 Å². The van der Waals surface area contributed by atoms with E-state index >= 15 is 0 Å². The predicted octanol–water partition coefficient (Wildman–Crippen LogP) is 2.82. The molecule has 1 saturated heterocycles. The molecule has 2 N–H and O–H groups in total. The van der Waals surface area contributed by atoms with Crippen LogP contribution in [0.2, 0.25) is 0 Å². The van der Waals surface area contributed by atoms with Gasteiger partial charge < -0.3 is 15.2 Å². The number of aliphatic hydroxyl groups excluding tert-OH is 1. The van der Waals surface area contributed by atoms with E-state index < -0.39 is 0 Å².